The molecule has 1 amide bonds. The van der Waals surface area contributed by atoms with E-state index in [9.17, 15) is 17.6 Å². The van der Waals surface area contributed by atoms with E-state index in [1.807, 2.05) is 6.92 Å². The molecule has 2 aromatic rings. The lowest BCUT2D eigenvalue weighted by Crippen LogP contribution is -2.47. The fraction of sp³-hybridized carbons (Fsp3) is 0.409. The van der Waals surface area contributed by atoms with Crippen LogP contribution in [0.15, 0.2) is 53.4 Å². The van der Waals surface area contributed by atoms with Gasteiger partial charge in [0.2, 0.25) is 15.9 Å². The Hall–Kier alpha value is -2.49. The van der Waals surface area contributed by atoms with E-state index in [4.69, 9.17) is 5.14 Å². The predicted octanol–water partition coefficient (Wildman–Crippen LogP) is 1.73. The largest absolute Gasteiger partial charge is 0.370 e. The van der Waals surface area contributed by atoms with E-state index in [1.54, 1.807) is 24.3 Å². The first kappa shape index (κ1) is 23.2. The molecule has 0 radical (unpaired) electrons. The Morgan fingerprint density at radius 3 is 2.39 bits per heavy atom. The van der Waals surface area contributed by atoms with Crippen molar-refractivity contribution >= 4 is 21.6 Å². The van der Waals surface area contributed by atoms with Gasteiger partial charge in [-0.05, 0) is 61.7 Å². The third-order valence-corrected chi connectivity index (χ3v) is 6.54. The monoisotopic (exact) mass is 448 g/mol. The van der Waals surface area contributed by atoms with Crippen LogP contribution in [0.4, 0.5) is 10.1 Å². The number of rotatable bonds is 7. The van der Waals surface area contributed by atoms with E-state index >= 15 is 0 Å². The Balaban J connectivity index is 1.46. The van der Waals surface area contributed by atoms with Gasteiger partial charge in [0.25, 0.3) is 0 Å². The van der Waals surface area contributed by atoms with Gasteiger partial charge in [0, 0.05) is 38.4 Å². The Bertz CT molecular complexity index is 981. The Morgan fingerprint density at radius 1 is 1.06 bits per heavy atom. The summed E-state index contributed by atoms with van der Waals surface area (Å²) in [4.78, 5) is 17.1. The van der Waals surface area contributed by atoms with Crippen molar-refractivity contribution in [2.45, 2.75) is 30.7 Å². The van der Waals surface area contributed by atoms with Gasteiger partial charge in [0.05, 0.1) is 10.9 Å². The van der Waals surface area contributed by atoms with Crippen molar-refractivity contribution in [1.82, 2.24) is 10.2 Å². The lowest BCUT2D eigenvalue weighted by molar-refractivity contribution is -0.125. The number of carbonyl (C=O) groups excluding carboxylic acids is 1. The highest BCUT2D eigenvalue weighted by Crippen LogP contribution is 2.18. The molecule has 2 aromatic carbocycles. The molecule has 1 heterocycles. The van der Waals surface area contributed by atoms with Crippen molar-refractivity contribution < 1.29 is 17.6 Å². The minimum Gasteiger partial charge on any atom is -0.370 e. The van der Waals surface area contributed by atoms with Crippen LogP contribution in [0, 0.1) is 5.82 Å². The number of halogens is 1. The van der Waals surface area contributed by atoms with Crippen LogP contribution in [0.5, 0.6) is 0 Å². The number of benzene rings is 2. The van der Waals surface area contributed by atoms with E-state index in [-0.39, 0.29) is 22.7 Å². The first-order valence-electron chi connectivity index (χ1n) is 10.4. The molecule has 1 fully saturated rings. The summed E-state index contributed by atoms with van der Waals surface area (Å²) < 4.78 is 35.8. The van der Waals surface area contributed by atoms with Crippen molar-refractivity contribution in [2.75, 3.05) is 37.6 Å². The quantitative estimate of drug-likeness (QED) is 0.673. The summed E-state index contributed by atoms with van der Waals surface area (Å²) in [5.41, 5.74) is 1.92. The summed E-state index contributed by atoms with van der Waals surface area (Å²) >= 11 is 0. The minimum atomic E-state index is -3.70. The SMILES string of the molecule is CC(C(=O)NCCc1ccc(S(N)(=O)=O)cc1)N1CCCN(c2ccc(F)cc2)CC1. The van der Waals surface area contributed by atoms with Gasteiger partial charge in [-0.1, -0.05) is 12.1 Å². The van der Waals surface area contributed by atoms with Crippen molar-refractivity contribution in [1.29, 1.82) is 0 Å². The van der Waals surface area contributed by atoms with Crippen LogP contribution in [-0.4, -0.2) is 58.0 Å². The van der Waals surface area contributed by atoms with Crippen LogP contribution < -0.4 is 15.4 Å². The number of nitrogens with two attached hydrogens (primary N) is 1. The fourth-order valence-corrected chi connectivity index (χ4v) is 4.24. The van der Waals surface area contributed by atoms with E-state index in [0.29, 0.717) is 13.0 Å². The Labute approximate surface area is 183 Å². The highest BCUT2D eigenvalue weighted by Gasteiger charge is 2.24. The van der Waals surface area contributed by atoms with Crippen molar-refractivity contribution in [2.24, 2.45) is 5.14 Å². The van der Waals surface area contributed by atoms with E-state index in [0.717, 1.165) is 43.9 Å². The molecular formula is C22H29FN4O3S. The molecule has 0 saturated carbocycles. The smallest absolute Gasteiger partial charge is 0.238 e. The standard InChI is InChI=1S/C22H29FN4O3S/c1-17(22(28)25-12-11-18-3-9-21(10-4-18)31(24,29)30)26-13-2-14-27(16-15-26)20-7-5-19(23)6-8-20/h3-10,17H,2,11-16H2,1H3,(H,25,28)(H2,24,29,30). The van der Waals surface area contributed by atoms with Crippen LogP contribution in [0.25, 0.3) is 0 Å². The van der Waals surface area contributed by atoms with Gasteiger partial charge in [-0.15, -0.1) is 0 Å². The second-order valence-corrected chi connectivity index (χ2v) is 9.32. The summed E-state index contributed by atoms with van der Waals surface area (Å²) in [5.74, 6) is -0.276. The zero-order chi connectivity index (χ0) is 22.4. The molecule has 1 atom stereocenters. The second kappa shape index (κ2) is 10.2. The van der Waals surface area contributed by atoms with E-state index in [1.165, 1.54) is 24.3 Å². The molecule has 1 aliphatic rings. The van der Waals surface area contributed by atoms with E-state index < -0.39 is 10.0 Å². The molecule has 7 nitrogen and oxygen atoms in total. The highest BCUT2D eigenvalue weighted by molar-refractivity contribution is 7.89. The molecule has 0 spiro atoms. The normalized spacial score (nSPS) is 16.5. The van der Waals surface area contributed by atoms with Gasteiger partial charge in [0.15, 0.2) is 0 Å². The van der Waals surface area contributed by atoms with Crippen LogP contribution in [0.1, 0.15) is 18.9 Å². The summed E-state index contributed by atoms with van der Waals surface area (Å²) in [6.07, 6.45) is 1.52. The molecule has 168 valence electrons. The fourth-order valence-electron chi connectivity index (χ4n) is 3.72. The lowest BCUT2D eigenvalue weighted by Gasteiger charge is -2.27. The van der Waals surface area contributed by atoms with Crippen LogP contribution >= 0.6 is 0 Å². The predicted molar refractivity (Wildman–Crippen MR) is 119 cm³/mol. The zero-order valence-electron chi connectivity index (χ0n) is 17.6. The summed E-state index contributed by atoms with van der Waals surface area (Å²) in [6.45, 7) is 5.59. The van der Waals surface area contributed by atoms with Crippen LogP contribution in [0.3, 0.4) is 0 Å². The molecule has 0 aliphatic carbocycles. The maximum Gasteiger partial charge on any atom is 0.238 e. The van der Waals surface area contributed by atoms with Gasteiger partial charge in [-0.2, -0.15) is 0 Å². The van der Waals surface area contributed by atoms with Gasteiger partial charge in [-0.25, -0.2) is 17.9 Å². The topological polar surface area (TPSA) is 95.7 Å². The molecule has 1 saturated heterocycles. The molecule has 0 bridgehead atoms. The molecule has 0 aromatic heterocycles. The number of sulfonamides is 1. The number of carbonyl (C=O) groups is 1. The maximum atomic E-state index is 13.2. The first-order valence-corrected chi connectivity index (χ1v) is 11.9. The number of nitrogens with zero attached hydrogens (tertiary/aromatic N) is 2. The minimum absolute atomic E-state index is 0.0311. The van der Waals surface area contributed by atoms with Gasteiger partial charge >= 0.3 is 0 Å². The highest BCUT2D eigenvalue weighted by atomic mass is 32.2. The van der Waals surface area contributed by atoms with Crippen molar-refractivity contribution in [3.63, 3.8) is 0 Å². The van der Waals surface area contributed by atoms with Crippen molar-refractivity contribution in [3.05, 3.63) is 59.9 Å². The summed E-state index contributed by atoms with van der Waals surface area (Å²) in [5, 5.41) is 8.07. The number of hydrogen-bond donors (Lipinski definition) is 2. The van der Waals surface area contributed by atoms with E-state index in [2.05, 4.69) is 15.1 Å². The van der Waals surface area contributed by atoms with Gasteiger partial charge in [0.1, 0.15) is 5.82 Å². The van der Waals surface area contributed by atoms with Crippen LogP contribution in [0.2, 0.25) is 0 Å². The number of amides is 1. The summed E-state index contributed by atoms with van der Waals surface area (Å²) in [7, 11) is -3.70. The Kier molecular flexibility index (Phi) is 7.64. The van der Waals surface area contributed by atoms with Gasteiger partial charge in [-0.3, -0.25) is 9.69 Å². The number of primary sulfonamides is 1. The average molecular weight is 449 g/mol. The second-order valence-electron chi connectivity index (χ2n) is 7.76. The number of hydrogen-bond acceptors (Lipinski definition) is 5. The first-order chi connectivity index (χ1) is 14.7. The molecule has 31 heavy (non-hydrogen) atoms. The van der Waals surface area contributed by atoms with Crippen LogP contribution in [-0.2, 0) is 21.2 Å². The number of nitrogens with one attached hydrogen (secondary N) is 1. The molecule has 1 aliphatic heterocycles. The maximum absolute atomic E-state index is 13.2. The van der Waals surface area contributed by atoms with Crippen molar-refractivity contribution in [3.8, 4) is 0 Å². The molecule has 9 heteroatoms. The molecule has 1 unspecified atom stereocenters. The molecule has 3 N–H and O–H groups in total. The third kappa shape index (κ3) is 6.49. The number of anilines is 1. The lowest BCUT2D eigenvalue weighted by atomic mass is 10.1. The average Bonchev–Trinajstić information content (AvgIpc) is 3.00. The third-order valence-electron chi connectivity index (χ3n) is 5.61. The molecular weight excluding hydrogens is 419 g/mol. The zero-order valence-corrected chi connectivity index (χ0v) is 18.4. The summed E-state index contributed by atoms with van der Waals surface area (Å²) in [6, 6.07) is 12.6. The molecule has 3 rings (SSSR count). The van der Waals surface area contributed by atoms with Gasteiger partial charge < -0.3 is 10.2 Å². The Morgan fingerprint density at radius 2 is 1.74 bits per heavy atom.